The lowest BCUT2D eigenvalue weighted by atomic mass is 10.1. The van der Waals surface area contributed by atoms with E-state index in [2.05, 4.69) is 5.32 Å². The predicted octanol–water partition coefficient (Wildman–Crippen LogP) is 1.11. The molecule has 0 aliphatic rings. The first-order chi connectivity index (χ1) is 9.79. The summed E-state index contributed by atoms with van der Waals surface area (Å²) >= 11 is 0. The Bertz CT molecular complexity index is 549. The maximum absolute atomic E-state index is 13.1. The number of benzene rings is 1. The van der Waals surface area contributed by atoms with Gasteiger partial charge >= 0.3 is 18.0 Å². The van der Waals surface area contributed by atoms with Crippen LogP contribution in [-0.4, -0.2) is 34.2 Å². The van der Waals surface area contributed by atoms with E-state index >= 15 is 0 Å². The Balaban J connectivity index is 2.63. The van der Waals surface area contributed by atoms with Gasteiger partial charge in [0, 0.05) is 0 Å². The Hall–Kier alpha value is -2.64. The second-order valence-corrected chi connectivity index (χ2v) is 4.38. The van der Waals surface area contributed by atoms with Crippen LogP contribution in [0.4, 0.5) is 9.18 Å². The number of hydrogen-bond donors (Lipinski definition) is 4. The number of carboxylic acids is 2. The number of carbonyl (C=O) groups excluding carboxylic acids is 1. The molecule has 1 unspecified atom stereocenters. The molecule has 0 aliphatic heterocycles. The summed E-state index contributed by atoms with van der Waals surface area (Å²) in [5.74, 6) is -3.26. The van der Waals surface area contributed by atoms with Gasteiger partial charge in [-0.05, 0) is 24.6 Å². The quantitative estimate of drug-likeness (QED) is 0.628. The molecule has 0 saturated heterocycles. The van der Waals surface area contributed by atoms with Gasteiger partial charge < -0.3 is 20.8 Å². The first kappa shape index (κ1) is 16.4. The number of rotatable bonds is 6. The highest BCUT2D eigenvalue weighted by atomic mass is 19.1. The lowest BCUT2D eigenvalue weighted by Crippen LogP contribution is -2.47. The van der Waals surface area contributed by atoms with Gasteiger partial charge in [0.2, 0.25) is 0 Å². The van der Waals surface area contributed by atoms with Gasteiger partial charge in [0.15, 0.2) is 0 Å². The molecule has 0 aromatic heterocycles. The molecule has 0 bridgehead atoms. The van der Waals surface area contributed by atoms with Gasteiger partial charge in [-0.3, -0.25) is 4.79 Å². The van der Waals surface area contributed by atoms with E-state index in [4.69, 9.17) is 10.2 Å². The van der Waals surface area contributed by atoms with Gasteiger partial charge in [0.05, 0.1) is 12.5 Å². The molecule has 2 amide bonds. The number of amides is 2. The molecular weight excluding hydrogens is 283 g/mol. The smallest absolute Gasteiger partial charge is 0.326 e. The van der Waals surface area contributed by atoms with E-state index in [9.17, 15) is 18.8 Å². The highest BCUT2D eigenvalue weighted by molar-refractivity contribution is 5.86. The fourth-order valence-electron chi connectivity index (χ4n) is 1.63. The van der Waals surface area contributed by atoms with Gasteiger partial charge in [-0.25, -0.2) is 14.0 Å². The maximum atomic E-state index is 13.1. The Morgan fingerprint density at radius 1 is 1.24 bits per heavy atom. The number of aliphatic carboxylic acids is 2. The van der Waals surface area contributed by atoms with Crippen molar-refractivity contribution in [2.24, 2.45) is 0 Å². The lowest BCUT2D eigenvalue weighted by molar-refractivity contribution is -0.145. The standard InChI is InChI=1S/C13H15FN2O5/c1-7(8-3-2-4-9(14)5-8)15-13(21)16-10(12(19)20)6-11(17)18/h2-5,7,10H,6H2,1H3,(H,17,18)(H,19,20)(H2,15,16,21)/t7?,10-/m0/s1. The van der Waals surface area contributed by atoms with Crippen LogP contribution >= 0.6 is 0 Å². The maximum Gasteiger partial charge on any atom is 0.326 e. The van der Waals surface area contributed by atoms with Crippen LogP contribution in [0.1, 0.15) is 24.9 Å². The summed E-state index contributed by atoms with van der Waals surface area (Å²) in [6.45, 7) is 1.58. The van der Waals surface area contributed by atoms with Crippen LogP contribution in [-0.2, 0) is 9.59 Å². The summed E-state index contributed by atoms with van der Waals surface area (Å²) in [4.78, 5) is 33.0. The molecule has 0 heterocycles. The molecule has 0 saturated carbocycles. The molecule has 114 valence electrons. The minimum absolute atomic E-state index is 0.462. The average molecular weight is 298 g/mol. The number of hydrogen-bond acceptors (Lipinski definition) is 3. The van der Waals surface area contributed by atoms with Crippen molar-refractivity contribution in [3.63, 3.8) is 0 Å². The van der Waals surface area contributed by atoms with Crippen molar-refractivity contribution < 1.29 is 29.0 Å². The lowest BCUT2D eigenvalue weighted by Gasteiger charge is -2.17. The van der Waals surface area contributed by atoms with Crippen LogP contribution in [0.2, 0.25) is 0 Å². The average Bonchev–Trinajstić information content (AvgIpc) is 2.37. The number of carbonyl (C=O) groups is 3. The van der Waals surface area contributed by atoms with E-state index in [1.165, 1.54) is 18.2 Å². The molecule has 1 aromatic carbocycles. The topological polar surface area (TPSA) is 116 Å². The van der Waals surface area contributed by atoms with E-state index in [0.29, 0.717) is 5.56 Å². The summed E-state index contributed by atoms with van der Waals surface area (Å²) in [5, 5.41) is 21.8. The van der Waals surface area contributed by atoms with E-state index in [0.717, 1.165) is 0 Å². The van der Waals surface area contributed by atoms with Gasteiger partial charge in [-0.2, -0.15) is 0 Å². The SMILES string of the molecule is CC(NC(=O)N[C@@H](CC(=O)O)C(=O)O)c1cccc(F)c1. The van der Waals surface area contributed by atoms with Gasteiger partial charge in [-0.1, -0.05) is 12.1 Å². The molecule has 0 fully saturated rings. The third kappa shape index (κ3) is 5.47. The van der Waals surface area contributed by atoms with Crippen LogP contribution < -0.4 is 10.6 Å². The summed E-state index contributed by atoms with van der Waals surface area (Å²) in [6, 6.07) is 2.61. The van der Waals surface area contributed by atoms with Crippen molar-refractivity contribution >= 4 is 18.0 Å². The van der Waals surface area contributed by atoms with Gasteiger partial charge in [0.1, 0.15) is 11.9 Å². The van der Waals surface area contributed by atoms with Crippen molar-refractivity contribution in [3.05, 3.63) is 35.6 Å². The van der Waals surface area contributed by atoms with Gasteiger partial charge in [0.25, 0.3) is 0 Å². The summed E-state index contributed by atoms with van der Waals surface area (Å²) in [7, 11) is 0. The highest BCUT2D eigenvalue weighted by Gasteiger charge is 2.23. The third-order valence-corrected chi connectivity index (χ3v) is 2.68. The molecule has 0 aliphatic carbocycles. The zero-order valence-corrected chi connectivity index (χ0v) is 11.2. The van der Waals surface area contributed by atoms with Crippen molar-refractivity contribution in [2.45, 2.75) is 25.4 Å². The van der Waals surface area contributed by atoms with E-state index in [-0.39, 0.29) is 0 Å². The van der Waals surface area contributed by atoms with E-state index in [1.807, 2.05) is 5.32 Å². The molecule has 0 spiro atoms. The summed E-state index contributed by atoms with van der Waals surface area (Å²) in [5.41, 5.74) is 0.496. The Labute approximate surface area is 119 Å². The Morgan fingerprint density at radius 2 is 1.90 bits per heavy atom. The van der Waals surface area contributed by atoms with Crippen LogP contribution in [0.25, 0.3) is 0 Å². The van der Waals surface area contributed by atoms with E-state index in [1.54, 1.807) is 13.0 Å². The van der Waals surface area contributed by atoms with E-state index < -0.39 is 42.3 Å². The number of nitrogens with one attached hydrogen (secondary N) is 2. The predicted molar refractivity (Wildman–Crippen MR) is 70.2 cm³/mol. The summed E-state index contributed by atoms with van der Waals surface area (Å²) in [6.07, 6.45) is -0.739. The normalized spacial score (nSPS) is 13.0. The van der Waals surface area contributed by atoms with Crippen LogP contribution in [0.3, 0.4) is 0 Å². The molecule has 4 N–H and O–H groups in total. The molecule has 1 rings (SSSR count). The number of carboxylic acid groups (broad SMARTS) is 2. The van der Waals surface area contributed by atoms with Crippen LogP contribution in [0.5, 0.6) is 0 Å². The van der Waals surface area contributed by atoms with Crippen molar-refractivity contribution in [3.8, 4) is 0 Å². The second-order valence-electron chi connectivity index (χ2n) is 4.38. The van der Waals surface area contributed by atoms with Crippen molar-refractivity contribution in [1.82, 2.24) is 10.6 Å². The third-order valence-electron chi connectivity index (χ3n) is 2.68. The molecule has 0 radical (unpaired) electrons. The van der Waals surface area contributed by atoms with Crippen LogP contribution in [0, 0.1) is 5.82 Å². The van der Waals surface area contributed by atoms with Gasteiger partial charge in [-0.15, -0.1) is 0 Å². The molecular formula is C13H15FN2O5. The first-order valence-electron chi connectivity index (χ1n) is 6.06. The summed E-state index contributed by atoms with van der Waals surface area (Å²) < 4.78 is 13.1. The minimum atomic E-state index is -1.54. The second kappa shape index (κ2) is 7.22. The number of urea groups is 1. The fourth-order valence-corrected chi connectivity index (χ4v) is 1.63. The van der Waals surface area contributed by atoms with Crippen molar-refractivity contribution in [1.29, 1.82) is 0 Å². The molecule has 1 aromatic rings. The molecule has 8 heteroatoms. The monoisotopic (exact) mass is 298 g/mol. The molecule has 21 heavy (non-hydrogen) atoms. The Morgan fingerprint density at radius 3 is 2.43 bits per heavy atom. The zero-order valence-electron chi connectivity index (χ0n) is 11.2. The Kier molecular flexibility index (Phi) is 5.65. The zero-order chi connectivity index (χ0) is 16.0. The fraction of sp³-hybridized carbons (Fsp3) is 0.308. The first-order valence-corrected chi connectivity index (χ1v) is 6.06. The minimum Gasteiger partial charge on any atom is -0.481 e. The molecule has 7 nitrogen and oxygen atoms in total. The molecule has 2 atom stereocenters. The number of halogens is 1. The van der Waals surface area contributed by atoms with Crippen LogP contribution in [0.15, 0.2) is 24.3 Å². The van der Waals surface area contributed by atoms with Crippen molar-refractivity contribution in [2.75, 3.05) is 0 Å². The highest BCUT2D eigenvalue weighted by Crippen LogP contribution is 2.13. The largest absolute Gasteiger partial charge is 0.481 e.